The van der Waals surface area contributed by atoms with Gasteiger partial charge >= 0.3 is 23.9 Å². The van der Waals surface area contributed by atoms with Crippen LogP contribution in [0.15, 0.2) is 77.9 Å². The first-order valence-corrected chi connectivity index (χ1v) is 33.6. The maximum atomic E-state index is 15.9. The number of amides is 5. The van der Waals surface area contributed by atoms with Crippen LogP contribution in [0, 0.1) is 17.3 Å². The van der Waals surface area contributed by atoms with Crippen molar-refractivity contribution in [2.45, 2.75) is 149 Å². The summed E-state index contributed by atoms with van der Waals surface area (Å²) in [7, 11) is 6.01. The molecular weight excluding hydrogens is 1260 g/mol. The Morgan fingerprint density at radius 3 is 2.24 bits per heavy atom. The second kappa shape index (κ2) is 26.6. The number of hydrogen-bond acceptors (Lipinski definition) is 20. The van der Waals surface area contributed by atoms with E-state index >= 15 is 9.59 Å². The number of ether oxygens (including phenoxy) is 2. The van der Waals surface area contributed by atoms with Crippen molar-refractivity contribution in [3.63, 3.8) is 0 Å². The van der Waals surface area contributed by atoms with E-state index < -0.39 is 147 Å². The predicted molar refractivity (Wildman–Crippen MR) is 352 cm³/mol. The van der Waals surface area contributed by atoms with Crippen molar-refractivity contribution in [1.82, 2.24) is 36.6 Å². The number of hydrogen-bond donors (Lipinski definition) is 12. The molecule has 3 aromatic carbocycles. The van der Waals surface area contributed by atoms with Crippen molar-refractivity contribution in [2.75, 3.05) is 70.0 Å². The molecule has 28 heteroatoms. The van der Waals surface area contributed by atoms with E-state index in [9.17, 15) is 59.1 Å². The SMILES string of the molecule is CC[C@@]1(O)CC2C[C@H](CNCCc3c([nH]c4ccccc34)[C@@]2(C(=O)OC)c2cc3c(cc2OC)N(C)[C@H]2[C@@](O)(C(=O)NN=C(C)c4ccc(N5C(=O)CC(SC[C@H](NC(=O)[C@H](CC(=O)O)NC(=O)[C@H](CC(=O)O)NC)C(=O)O)C5=O)cc4)[C@H](O)[C@]4(CC)C=CCN5CC[C@]32[C@@H]54)C1. The van der Waals surface area contributed by atoms with Gasteiger partial charge in [0.05, 0.1) is 61.4 Å². The molecule has 6 heterocycles. The second-order valence-corrected chi connectivity index (χ2v) is 27.9. The first-order valence-electron chi connectivity index (χ1n) is 32.5. The van der Waals surface area contributed by atoms with Gasteiger partial charge in [-0.25, -0.2) is 15.1 Å². The third-order valence-electron chi connectivity index (χ3n) is 21.8. The average molecular weight is 1350 g/mol. The van der Waals surface area contributed by atoms with E-state index in [2.05, 4.69) is 41.7 Å². The molecular formula is C68H84N10O17S. The van der Waals surface area contributed by atoms with E-state index in [4.69, 9.17) is 14.6 Å². The first-order chi connectivity index (χ1) is 45.7. The van der Waals surface area contributed by atoms with Crippen molar-refractivity contribution < 1.29 is 83.3 Å². The van der Waals surface area contributed by atoms with Crippen LogP contribution in [0.1, 0.15) is 107 Å². The molecule has 2 saturated heterocycles. The largest absolute Gasteiger partial charge is 0.496 e. The van der Waals surface area contributed by atoms with Crippen LogP contribution < -0.4 is 41.2 Å². The zero-order valence-electron chi connectivity index (χ0n) is 54.6. The number of aliphatic hydroxyl groups is 3. The third-order valence-corrected chi connectivity index (χ3v) is 23.0. The molecule has 1 aromatic heterocycles. The Morgan fingerprint density at radius 2 is 1.57 bits per heavy atom. The molecule has 2 saturated carbocycles. The summed E-state index contributed by atoms with van der Waals surface area (Å²) in [6.45, 7) is 7.81. The van der Waals surface area contributed by atoms with Gasteiger partial charge in [-0.05, 0) is 131 Å². The molecule has 2 bridgehead atoms. The van der Waals surface area contributed by atoms with Gasteiger partial charge in [0.2, 0.25) is 23.6 Å². The number of nitrogens with zero attached hydrogens (tertiary/aromatic N) is 4. The van der Waals surface area contributed by atoms with E-state index in [1.165, 1.54) is 26.3 Å². The highest BCUT2D eigenvalue weighted by molar-refractivity contribution is 8.00. The number of para-hydroxylation sites is 1. The Morgan fingerprint density at radius 1 is 0.875 bits per heavy atom. The third kappa shape index (κ3) is 11.4. The van der Waals surface area contributed by atoms with Gasteiger partial charge in [-0.15, -0.1) is 11.8 Å². The van der Waals surface area contributed by atoms with Gasteiger partial charge in [0.1, 0.15) is 29.4 Å². The van der Waals surface area contributed by atoms with E-state index in [1.807, 2.05) is 67.3 Å². The number of aromatic amines is 1. The van der Waals surface area contributed by atoms with Gasteiger partial charge in [-0.3, -0.25) is 43.3 Å². The highest BCUT2D eigenvalue weighted by atomic mass is 32.2. The van der Waals surface area contributed by atoms with E-state index in [1.54, 1.807) is 33.2 Å². The lowest BCUT2D eigenvalue weighted by Crippen LogP contribution is -2.81. The number of anilines is 2. The van der Waals surface area contributed by atoms with Crippen LogP contribution in [0.5, 0.6) is 5.75 Å². The van der Waals surface area contributed by atoms with Gasteiger partial charge in [-0.2, -0.15) is 5.10 Å². The number of fused-ring (bicyclic) bond motifs is 6. The number of aliphatic hydroxyl groups excluding tert-OH is 1. The number of imide groups is 1. The minimum atomic E-state index is -2.59. The summed E-state index contributed by atoms with van der Waals surface area (Å²) in [6.07, 6.45) is 3.29. The highest BCUT2D eigenvalue weighted by Crippen LogP contribution is 2.68. The number of benzene rings is 3. The number of nitrogens with one attached hydrogen (secondary N) is 6. The number of esters is 1. The molecule has 4 fully saturated rings. The van der Waals surface area contributed by atoms with Crippen LogP contribution in [0.25, 0.3) is 10.9 Å². The van der Waals surface area contributed by atoms with Crippen molar-refractivity contribution in [2.24, 2.45) is 22.4 Å². The maximum Gasteiger partial charge on any atom is 0.327 e. The first kappa shape index (κ1) is 69.1. The number of carboxylic acid groups (broad SMARTS) is 3. The molecule has 7 aliphatic rings. The molecule has 0 radical (unpaired) electrons. The summed E-state index contributed by atoms with van der Waals surface area (Å²) in [5.74, 6) is -10.2. The Bertz CT molecular complexity index is 3860. The Kier molecular flexibility index (Phi) is 19.2. The zero-order chi connectivity index (χ0) is 69.1. The van der Waals surface area contributed by atoms with E-state index in [0.29, 0.717) is 93.0 Å². The Hall–Kier alpha value is -8.25. The van der Waals surface area contributed by atoms with Crippen molar-refractivity contribution in [1.29, 1.82) is 0 Å². The number of aromatic nitrogens is 1. The number of methoxy groups -OCH3 is 2. The lowest BCUT2D eigenvalue weighted by atomic mass is 9.47. The minimum Gasteiger partial charge on any atom is -0.496 e. The van der Waals surface area contributed by atoms with Crippen LogP contribution in [-0.2, 0) is 65.1 Å². The number of likely N-dealkylation sites (N-methyl/N-ethyl adjacent to an activating group) is 2. The number of carbonyl (C=O) groups excluding carboxylic acids is 6. The van der Waals surface area contributed by atoms with Gasteiger partial charge < -0.3 is 71.3 Å². The molecule has 2 unspecified atom stereocenters. The fourth-order valence-electron chi connectivity index (χ4n) is 17.4. The van der Waals surface area contributed by atoms with E-state index in [-0.39, 0.29) is 30.2 Å². The number of carboxylic acids is 3. The smallest absolute Gasteiger partial charge is 0.327 e. The average Bonchev–Trinajstić information content (AvgIpc) is 1.37. The lowest BCUT2D eigenvalue weighted by molar-refractivity contribution is -0.203. The molecule has 27 nitrogen and oxygen atoms in total. The van der Waals surface area contributed by atoms with Crippen molar-refractivity contribution in [3.8, 4) is 5.75 Å². The van der Waals surface area contributed by atoms with Crippen LogP contribution in [0.4, 0.5) is 11.4 Å². The Labute approximate surface area is 558 Å². The summed E-state index contributed by atoms with van der Waals surface area (Å²) in [5.41, 5.74) is 0.0647. The Balaban J connectivity index is 0.889. The molecule has 5 amide bonds. The van der Waals surface area contributed by atoms with Crippen LogP contribution >= 0.6 is 11.8 Å². The monoisotopic (exact) mass is 1340 g/mol. The molecule has 4 aromatic rings. The molecule has 2 aliphatic carbocycles. The normalized spacial score (nSPS) is 30.1. The number of H-pyrrole nitrogens is 1. The number of carbonyl (C=O) groups is 9. The predicted octanol–water partition coefficient (Wildman–Crippen LogP) is 2.04. The standard InChI is InChI=1S/C68H84N10O17S/c1-8-64(92)31-36-25-38(32-64)67(63(91)95-7,54-41(19-22-70-33-36)40-13-10-11-14-44(40)71-54)43-26-42-48(29-49(43)94-6)76(5)60-66(42)21-24-77-23-12-20-65(9-2,59(66)77)61(89)68(60,93)62(90)75-74-35(3)37-15-17-39(18-16-37)78-51(79)30-50(57(78)86)96-34-47(58(87)88)73-56(85)46(28-53(82)83)72-55(84)45(69-4)27-52(80)81/h10-18,20,26,29,36,38,45-47,50,59-61,69-71,89,92-93H,8-9,19,21-25,27-28,30-34H2,1-7H3,(H,72,84)(H,73,85)(H,75,90)(H,80,81)(H,82,83)(H,87,88)/t36-,38?,45-,46-,47-,50?,59-,60+,61+,64-,65+,66+,67-,68-/m0/s1. The number of aliphatic carboxylic acids is 3. The summed E-state index contributed by atoms with van der Waals surface area (Å²) in [6, 6.07) is 11.4. The van der Waals surface area contributed by atoms with Crippen molar-refractivity contribution >= 4 is 93.2 Å². The van der Waals surface area contributed by atoms with Gasteiger partial charge in [0.25, 0.3) is 5.91 Å². The summed E-state index contributed by atoms with van der Waals surface area (Å²) >= 11 is 0.757. The summed E-state index contributed by atoms with van der Waals surface area (Å²) in [4.78, 5) is 129. The molecule has 14 atom stereocenters. The zero-order valence-corrected chi connectivity index (χ0v) is 55.4. The van der Waals surface area contributed by atoms with E-state index in [0.717, 1.165) is 38.7 Å². The molecule has 1 spiro atoms. The minimum absolute atomic E-state index is 0.0118. The lowest BCUT2D eigenvalue weighted by Gasteiger charge is -2.63. The maximum absolute atomic E-state index is 15.9. The number of thioether (sulfide) groups is 1. The fourth-order valence-corrected chi connectivity index (χ4v) is 18.5. The van der Waals surface area contributed by atoms with Gasteiger partial charge in [0, 0.05) is 76.6 Å². The molecule has 12 N–H and O–H groups in total. The van der Waals surface area contributed by atoms with Gasteiger partial charge in [0.15, 0.2) is 5.60 Å². The number of rotatable bonds is 22. The molecule has 11 rings (SSSR count). The summed E-state index contributed by atoms with van der Waals surface area (Å²) < 4.78 is 12.6. The van der Waals surface area contributed by atoms with Crippen LogP contribution in [-0.4, -0.2) is 213 Å². The highest BCUT2D eigenvalue weighted by Gasteiger charge is 2.79. The second-order valence-electron chi connectivity index (χ2n) is 26.7. The van der Waals surface area contributed by atoms with Gasteiger partial charge in [-0.1, -0.05) is 56.3 Å². The quantitative estimate of drug-likeness (QED) is 0.0176. The fraction of sp³-hybridized carbons (Fsp3) is 0.529. The molecule has 96 heavy (non-hydrogen) atoms. The molecule has 5 aliphatic heterocycles. The number of hydrazone groups is 1. The topological polar surface area (TPSA) is 391 Å². The molecule has 514 valence electrons. The van der Waals surface area contributed by atoms with Crippen molar-refractivity contribution in [3.05, 3.63) is 101 Å². The van der Waals surface area contributed by atoms with Crippen LogP contribution in [0.2, 0.25) is 0 Å². The van der Waals surface area contributed by atoms with Crippen LogP contribution in [0.3, 0.4) is 0 Å². The summed E-state index contributed by atoms with van der Waals surface area (Å²) in [5, 5.41) is 83.1.